The summed E-state index contributed by atoms with van der Waals surface area (Å²) in [4.78, 5) is 65.9. The number of aliphatic hydroxyl groups is 5. The Hall–Kier alpha value is -9.99. The number of nitrogens with zero attached hydrogens (tertiary/aromatic N) is 7. The van der Waals surface area contributed by atoms with Gasteiger partial charge in [-0.25, -0.2) is 0 Å². The van der Waals surface area contributed by atoms with E-state index in [4.69, 9.17) is 0 Å². The van der Waals surface area contributed by atoms with E-state index in [1.807, 2.05) is 103 Å². The van der Waals surface area contributed by atoms with Crippen molar-refractivity contribution in [1.82, 2.24) is 29.4 Å². The average molecular weight is 1930 g/mol. The van der Waals surface area contributed by atoms with Crippen LogP contribution in [0.15, 0.2) is 218 Å². The van der Waals surface area contributed by atoms with E-state index in [0.717, 1.165) is 166 Å². The van der Waals surface area contributed by atoms with Crippen LogP contribution in [-0.4, -0.2) is 199 Å². The van der Waals surface area contributed by atoms with Crippen LogP contribution in [0.4, 0.5) is 52.7 Å². The van der Waals surface area contributed by atoms with Crippen molar-refractivity contribution in [3.63, 3.8) is 0 Å². The average Bonchev–Trinajstić information content (AvgIpc) is 1.70. The molecule has 7 saturated carbocycles. The van der Waals surface area contributed by atoms with Crippen molar-refractivity contribution in [2.75, 3.05) is 47.8 Å². The standard InChI is InChI=1S/2C28H35F3N2O2.C28H34F3NO3.C26H29F3N2O2/c2*1-26(35,28(29,30)31)21-11-9-20(10-12-21)25(34)33(23-13-14-23)24-15-17-27(18-16-24,19-32(2)3)22-7-5-4-6-8-22;1-25(2,34)27(21-7-5-4-6-8-21)17-15-23(16-18-27)32(22-13-14-22)24(33)19-9-11-20(12-10-19)26(3,35)28(29,30)31;1-4-31(23(32)19-10-12-20(13-11-19)24(3,33)26(27,28)29)22-14-15-25(17-30,16-18(22)2)21-8-6-5-7-9-21/h2*4-12,23-24,35H,13-19H2,1-3H3;4-12,22-23,34-35H,13-18H2,1-3H3;5-13,18,22,33H,4,14-16H2,1-3H3/t2*24?,26-,27?;23?,26-,27?;18-,22+,24-,25+/m0000/s1. The van der Waals surface area contributed by atoms with Gasteiger partial charge in [0.25, 0.3) is 23.6 Å². The molecule has 138 heavy (non-hydrogen) atoms. The van der Waals surface area contributed by atoms with Crippen LogP contribution in [0.2, 0.25) is 0 Å². The zero-order chi connectivity index (χ0) is 101. The molecule has 0 saturated heterocycles. The first kappa shape index (κ1) is 107. The Morgan fingerprint density at radius 3 is 0.819 bits per heavy atom. The number of hydrogen-bond acceptors (Lipinski definition) is 12. The quantitative estimate of drug-likeness (QED) is 0.0338. The summed E-state index contributed by atoms with van der Waals surface area (Å²) in [5.74, 6) is -0.651. The lowest BCUT2D eigenvalue weighted by atomic mass is 9.60. The van der Waals surface area contributed by atoms with Crippen LogP contribution in [-0.2, 0) is 44.1 Å². The minimum Gasteiger partial charge on any atom is -0.390 e. The monoisotopic (exact) mass is 1920 g/mol. The molecule has 28 heteroatoms. The number of rotatable bonds is 25. The Kier molecular flexibility index (Phi) is 32.6. The maximum absolute atomic E-state index is 13.5. The maximum Gasteiger partial charge on any atom is 0.421 e. The lowest BCUT2D eigenvalue weighted by Crippen LogP contribution is -2.53. The van der Waals surface area contributed by atoms with Crippen LogP contribution in [0.3, 0.4) is 0 Å². The molecule has 16 nitrogen and oxygen atoms in total. The van der Waals surface area contributed by atoms with E-state index in [0.29, 0.717) is 56.3 Å². The van der Waals surface area contributed by atoms with Gasteiger partial charge in [0.1, 0.15) is 0 Å². The predicted octanol–water partition coefficient (Wildman–Crippen LogP) is 22.3. The smallest absolute Gasteiger partial charge is 0.390 e. The van der Waals surface area contributed by atoms with Gasteiger partial charge < -0.3 is 54.9 Å². The molecular weight excluding hydrogens is 1790 g/mol. The minimum atomic E-state index is -4.82. The van der Waals surface area contributed by atoms with Gasteiger partial charge in [-0.3, -0.25) is 19.2 Å². The summed E-state index contributed by atoms with van der Waals surface area (Å²) in [6.07, 6.45) is -1.22. The number of carbonyl (C=O) groups is 4. The molecule has 7 aliphatic rings. The zero-order valence-corrected chi connectivity index (χ0v) is 80.9. The van der Waals surface area contributed by atoms with Crippen molar-refractivity contribution in [1.29, 1.82) is 5.26 Å². The number of hydrogen-bond donors (Lipinski definition) is 5. The highest BCUT2D eigenvalue weighted by atomic mass is 19.4. The number of alkyl halides is 12. The first-order valence-corrected chi connectivity index (χ1v) is 48.2. The van der Waals surface area contributed by atoms with Gasteiger partial charge >= 0.3 is 24.7 Å². The molecule has 15 rings (SSSR count). The van der Waals surface area contributed by atoms with Crippen LogP contribution in [0.1, 0.15) is 276 Å². The fourth-order valence-electron chi connectivity index (χ4n) is 21.7. The summed E-state index contributed by atoms with van der Waals surface area (Å²) in [6.45, 7) is 12.8. The molecule has 7 atom stereocenters. The minimum absolute atomic E-state index is 0.00662. The molecule has 7 fully saturated rings. The summed E-state index contributed by atoms with van der Waals surface area (Å²) < 4.78 is 158. The third-order valence-electron chi connectivity index (χ3n) is 30.6. The second kappa shape index (κ2) is 42.0. The summed E-state index contributed by atoms with van der Waals surface area (Å²) in [7, 11) is 8.38. The van der Waals surface area contributed by atoms with Crippen LogP contribution in [0.25, 0.3) is 0 Å². The highest BCUT2D eigenvalue weighted by Crippen LogP contribution is 2.53. The summed E-state index contributed by atoms with van der Waals surface area (Å²) >= 11 is 0. The molecule has 7 aliphatic carbocycles. The molecule has 0 spiro atoms. The third-order valence-corrected chi connectivity index (χ3v) is 30.6. The molecule has 0 radical (unpaired) electrons. The maximum atomic E-state index is 13.5. The number of nitriles is 1. The van der Waals surface area contributed by atoms with Gasteiger partial charge in [-0.15, -0.1) is 0 Å². The molecule has 4 amide bonds. The van der Waals surface area contributed by atoms with Gasteiger partial charge in [0.15, 0.2) is 22.4 Å². The van der Waals surface area contributed by atoms with Crippen molar-refractivity contribution in [3.05, 3.63) is 285 Å². The Labute approximate surface area is 803 Å². The van der Waals surface area contributed by atoms with Gasteiger partial charge in [-0.05, 0) is 310 Å². The third kappa shape index (κ3) is 23.4. The first-order valence-electron chi connectivity index (χ1n) is 48.2. The molecule has 0 unspecified atom stereocenters. The van der Waals surface area contributed by atoms with Crippen LogP contribution in [0.5, 0.6) is 0 Å². The molecule has 0 heterocycles. The van der Waals surface area contributed by atoms with Crippen molar-refractivity contribution in [2.45, 2.75) is 307 Å². The van der Waals surface area contributed by atoms with Gasteiger partial charge in [-0.1, -0.05) is 177 Å². The molecule has 8 aromatic rings. The van der Waals surface area contributed by atoms with Crippen LogP contribution in [0, 0.1) is 17.2 Å². The Bertz CT molecular complexity index is 5230. The van der Waals surface area contributed by atoms with E-state index in [-0.39, 0.29) is 110 Å². The SMILES string of the molecule is CC(C)(O)C1(c2ccccc2)CCC(N(C(=O)c2ccc([C@](C)(O)C(F)(F)F)cc2)C2CC2)CC1.CCN(C(=O)c1ccc([C@](C)(O)C(F)(F)F)cc1)[C@@H]1CC[C@@](C#N)(c2ccccc2)C[C@@H]1C.CN(C)CC1(c2ccccc2)CCC(N(C(=O)c2ccc([C@](C)(O)C(F)(F)F)cc2)C2CC2)CC1.CN(C)CC1(c2ccccc2)CCC(N(C(=O)c2ccc([C@](C)(O)C(F)(F)F)cc2)C2CC2)CC1. The second-order valence-electron chi connectivity index (χ2n) is 41.3. The largest absolute Gasteiger partial charge is 0.421 e. The molecule has 0 aliphatic heterocycles. The van der Waals surface area contributed by atoms with E-state index in [1.54, 1.807) is 4.90 Å². The Balaban J connectivity index is 0.000000165. The molecule has 0 bridgehead atoms. The van der Waals surface area contributed by atoms with Crippen LogP contribution >= 0.6 is 0 Å². The van der Waals surface area contributed by atoms with Gasteiger partial charge in [0.2, 0.25) is 0 Å². The van der Waals surface area contributed by atoms with Crippen molar-refractivity contribution >= 4 is 23.6 Å². The summed E-state index contributed by atoms with van der Waals surface area (Å²) in [5.41, 5.74) is -8.80. The highest BCUT2D eigenvalue weighted by molar-refractivity contribution is 5.97. The summed E-state index contributed by atoms with van der Waals surface area (Å²) in [5, 5.41) is 60.8. The molecule has 0 aromatic heterocycles. The Morgan fingerprint density at radius 1 is 0.341 bits per heavy atom. The van der Waals surface area contributed by atoms with Crippen molar-refractivity contribution in [2.24, 2.45) is 5.92 Å². The molecule has 5 N–H and O–H groups in total. The van der Waals surface area contributed by atoms with E-state index in [2.05, 4.69) is 105 Å². The van der Waals surface area contributed by atoms with Gasteiger partial charge in [0.05, 0.1) is 17.1 Å². The fraction of sp³-hybridized carbons (Fsp3) is 0.518. The predicted molar refractivity (Wildman–Crippen MR) is 508 cm³/mol. The molecule has 8 aromatic carbocycles. The lowest BCUT2D eigenvalue weighted by Gasteiger charge is -2.50. The van der Waals surface area contributed by atoms with E-state index in [1.165, 1.54) is 96.1 Å². The lowest BCUT2D eigenvalue weighted by molar-refractivity contribution is -0.259. The molecule has 746 valence electrons. The van der Waals surface area contributed by atoms with E-state index < -0.39 is 63.5 Å². The van der Waals surface area contributed by atoms with Gasteiger partial charge in [-0.2, -0.15) is 57.9 Å². The zero-order valence-electron chi connectivity index (χ0n) is 80.9. The normalized spacial score (nSPS) is 24.9. The van der Waals surface area contributed by atoms with E-state index in [9.17, 15) is 103 Å². The number of benzene rings is 8. The number of halogens is 12. The fourth-order valence-corrected chi connectivity index (χ4v) is 21.7. The topological polar surface area (TPSA) is 213 Å². The van der Waals surface area contributed by atoms with Crippen LogP contribution < -0.4 is 0 Å². The second-order valence-corrected chi connectivity index (χ2v) is 41.3. The molecular formula is C110H133F12N7O9. The van der Waals surface area contributed by atoms with E-state index >= 15 is 0 Å². The van der Waals surface area contributed by atoms with Gasteiger partial charge in [0, 0.05) is 100 Å². The number of amides is 4. The Morgan fingerprint density at radius 2 is 0.587 bits per heavy atom. The number of likely N-dealkylation sites (N-methyl/N-ethyl adjacent to an activating group) is 2. The van der Waals surface area contributed by atoms with Crippen molar-refractivity contribution < 1.29 is 97.4 Å². The van der Waals surface area contributed by atoms with Crippen molar-refractivity contribution in [3.8, 4) is 6.07 Å². The summed E-state index contributed by atoms with van der Waals surface area (Å²) in [6, 6.07) is 64.7. The first-order chi connectivity index (χ1) is 64.6. The highest BCUT2D eigenvalue weighted by Gasteiger charge is 2.57. The number of carbonyl (C=O) groups excluding carboxylic acids is 4.